The minimum atomic E-state index is -1.03. The number of nitrogens with zero attached hydrogens (tertiary/aromatic N) is 1. The lowest BCUT2D eigenvalue weighted by Crippen LogP contribution is -2.44. The smallest absolute Gasteiger partial charge is 0.371 e. The molecule has 0 aromatic carbocycles. The van der Waals surface area contributed by atoms with Crippen molar-refractivity contribution in [3.63, 3.8) is 0 Å². The number of ether oxygens (including phenoxy) is 1. The number of hydrogen-bond acceptors (Lipinski definition) is 5. The van der Waals surface area contributed by atoms with Gasteiger partial charge < -0.3 is 19.6 Å². The van der Waals surface area contributed by atoms with Gasteiger partial charge in [0.05, 0.1) is 19.8 Å². The van der Waals surface area contributed by atoms with E-state index in [0.717, 1.165) is 32.8 Å². The molecule has 19 heavy (non-hydrogen) atoms. The van der Waals surface area contributed by atoms with Crippen LogP contribution in [0.4, 0.5) is 0 Å². The highest BCUT2D eigenvalue weighted by atomic mass is 16.5. The molecule has 1 fully saturated rings. The molecule has 1 aromatic rings. The van der Waals surface area contributed by atoms with Crippen molar-refractivity contribution >= 4 is 5.97 Å². The third-order valence-corrected chi connectivity index (χ3v) is 3.13. The van der Waals surface area contributed by atoms with Crippen molar-refractivity contribution in [2.24, 2.45) is 0 Å². The van der Waals surface area contributed by atoms with Crippen molar-refractivity contribution in [2.45, 2.75) is 19.5 Å². The molecule has 1 aromatic heterocycles. The van der Waals surface area contributed by atoms with Crippen molar-refractivity contribution < 1.29 is 19.1 Å². The molecule has 0 bridgehead atoms. The summed E-state index contributed by atoms with van der Waals surface area (Å²) >= 11 is 0. The highest BCUT2D eigenvalue weighted by Gasteiger charge is 2.14. The molecule has 1 atom stereocenters. The van der Waals surface area contributed by atoms with E-state index in [1.165, 1.54) is 6.07 Å². The van der Waals surface area contributed by atoms with Crippen LogP contribution in [-0.2, 0) is 11.3 Å². The van der Waals surface area contributed by atoms with Gasteiger partial charge in [0.15, 0.2) is 0 Å². The van der Waals surface area contributed by atoms with Crippen molar-refractivity contribution in [3.8, 4) is 0 Å². The van der Waals surface area contributed by atoms with Gasteiger partial charge in [-0.2, -0.15) is 0 Å². The van der Waals surface area contributed by atoms with Gasteiger partial charge in [0.1, 0.15) is 5.76 Å². The molecule has 6 heteroatoms. The summed E-state index contributed by atoms with van der Waals surface area (Å²) in [7, 11) is 0. The summed E-state index contributed by atoms with van der Waals surface area (Å²) in [6.07, 6.45) is 0. The van der Waals surface area contributed by atoms with E-state index in [1.54, 1.807) is 6.07 Å². The zero-order valence-electron chi connectivity index (χ0n) is 11.1. The fourth-order valence-electron chi connectivity index (χ4n) is 2.10. The highest BCUT2D eigenvalue weighted by Crippen LogP contribution is 2.08. The van der Waals surface area contributed by atoms with E-state index in [-0.39, 0.29) is 5.76 Å². The first-order chi connectivity index (χ1) is 9.15. The first-order valence-electron chi connectivity index (χ1n) is 6.50. The average molecular weight is 268 g/mol. The number of carbonyl (C=O) groups is 1. The van der Waals surface area contributed by atoms with E-state index in [9.17, 15) is 4.79 Å². The van der Waals surface area contributed by atoms with Crippen LogP contribution in [0.1, 0.15) is 23.2 Å². The lowest BCUT2D eigenvalue weighted by atomic mass is 10.2. The van der Waals surface area contributed by atoms with E-state index in [0.29, 0.717) is 18.3 Å². The van der Waals surface area contributed by atoms with Crippen LogP contribution >= 0.6 is 0 Å². The van der Waals surface area contributed by atoms with E-state index < -0.39 is 5.97 Å². The van der Waals surface area contributed by atoms with Crippen molar-refractivity contribution in [1.29, 1.82) is 0 Å². The second-order valence-corrected chi connectivity index (χ2v) is 4.77. The monoisotopic (exact) mass is 268 g/mol. The maximum Gasteiger partial charge on any atom is 0.371 e. The predicted octanol–water partition coefficient (Wildman–Crippen LogP) is 0.788. The fourth-order valence-corrected chi connectivity index (χ4v) is 2.10. The van der Waals surface area contributed by atoms with Crippen LogP contribution in [0.3, 0.4) is 0 Å². The number of morpholine rings is 1. The number of furan rings is 1. The molecule has 0 aliphatic carbocycles. The molecule has 1 saturated heterocycles. The van der Waals surface area contributed by atoms with Crippen LogP contribution < -0.4 is 5.32 Å². The largest absolute Gasteiger partial charge is 0.475 e. The Kier molecular flexibility index (Phi) is 4.95. The Morgan fingerprint density at radius 3 is 2.84 bits per heavy atom. The molecule has 1 unspecified atom stereocenters. The Hall–Kier alpha value is -1.37. The summed E-state index contributed by atoms with van der Waals surface area (Å²) in [5.74, 6) is -0.406. The third kappa shape index (κ3) is 4.34. The van der Waals surface area contributed by atoms with E-state index >= 15 is 0 Å². The Morgan fingerprint density at radius 2 is 2.21 bits per heavy atom. The molecule has 0 amide bonds. The molecule has 0 saturated carbocycles. The van der Waals surface area contributed by atoms with E-state index in [1.807, 2.05) is 0 Å². The van der Waals surface area contributed by atoms with Gasteiger partial charge in [0.25, 0.3) is 0 Å². The molecular formula is C13H20N2O4. The number of aromatic carboxylic acids is 1. The zero-order valence-corrected chi connectivity index (χ0v) is 11.1. The predicted molar refractivity (Wildman–Crippen MR) is 69.2 cm³/mol. The molecular weight excluding hydrogens is 248 g/mol. The van der Waals surface area contributed by atoms with Gasteiger partial charge >= 0.3 is 5.97 Å². The van der Waals surface area contributed by atoms with Crippen LogP contribution in [-0.4, -0.2) is 54.9 Å². The van der Waals surface area contributed by atoms with Crippen LogP contribution in [0.15, 0.2) is 16.5 Å². The molecule has 0 spiro atoms. The van der Waals surface area contributed by atoms with Crippen LogP contribution in [0, 0.1) is 0 Å². The molecule has 2 N–H and O–H groups in total. The molecule has 6 nitrogen and oxygen atoms in total. The second kappa shape index (κ2) is 6.70. The molecule has 0 radical (unpaired) electrons. The van der Waals surface area contributed by atoms with Crippen molar-refractivity contribution in [3.05, 3.63) is 23.7 Å². The maximum atomic E-state index is 10.7. The number of rotatable bonds is 6. The van der Waals surface area contributed by atoms with Gasteiger partial charge in [0.2, 0.25) is 5.76 Å². The van der Waals surface area contributed by atoms with Gasteiger partial charge in [-0.05, 0) is 19.1 Å². The Balaban J connectivity index is 1.72. The summed E-state index contributed by atoms with van der Waals surface area (Å²) in [5.41, 5.74) is 0. The first-order valence-corrected chi connectivity index (χ1v) is 6.50. The zero-order chi connectivity index (χ0) is 13.7. The lowest BCUT2D eigenvalue weighted by Gasteiger charge is -2.29. The quantitative estimate of drug-likeness (QED) is 0.794. The highest BCUT2D eigenvalue weighted by molar-refractivity contribution is 5.84. The number of carboxylic acid groups (broad SMARTS) is 1. The fraction of sp³-hybridized carbons (Fsp3) is 0.615. The van der Waals surface area contributed by atoms with E-state index in [4.69, 9.17) is 14.3 Å². The van der Waals surface area contributed by atoms with Crippen LogP contribution in [0.2, 0.25) is 0 Å². The third-order valence-electron chi connectivity index (χ3n) is 3.13. The van der Waals surface area contributed by atoms with Gasteiger partial charge in [0, 0.05) is 25.7 Å². The maximum absolute atomic E-state index is 10.7. The normalized spacial score (nSPS) is 18.4. The Bertz CT molecular complexity index is 413. The topological polar surface area (TPSA) is 74.9 Å². The summed E-state index contributed by atoms with van der Waals surface area (Å²) in [6, 6.07) is 3.49. The van der Waals surface area contributed by atoms with Gasteiger partial charge in [-0.3, -0.25) is 4.90 Å². The van der Waals surface area contributed by atoms with Gasteiger partial charge in [-0.15, -0.1) is 0 Å². The number of hydrogen-bond donors (Lipinski definition) is 2. The average Bonchev–Trinajstić information content (AvgIpc) is 2.86. The molecule has 1 aliphatic heterocycles. The van der Waals surface area contributed by atoms with Gasteiger partial charge in [-0.25, -0.2) is 4.79 Å². The van der Waals surface area contributed by atoms with E-state index in [2.05, 4.69) is 17.1 Å². The summed E-state index contributed by atoms with van der Waals surface area (Å²) in [5, 5.41) is 12.1. The lowest BCUT2D eigenvalue weighted by molar-refractivity contribution is 0.0342. The Morgan fingerprint density at radius 1 is 1.47 bits per heavy atom. The summed E-state index contributed by atoms with van der Waals surface area (Å²) < 4.78 is 10.5. The van der Waals surface area contributed by atoms with Crippen LogP contribution in [0.25, 0.3) is 0 Å². The SMILES string of the molecule is CC(CN1CCOCC1)NCc1ccc(C(=O)O)o1. The molecule has 106 valence electrons. The molecule has 2 heterocycles. The van der Waals surface area contributed by atoms with Crippen molar-refractivity contribution in [1.82, 2.24) is 10.2 Å². The van der Waals surface area contributed by atoms with Crippen molar-refractivity contribution in [2.75, 3.05) is 32.8 Å². The second-order valence-electron chi connectivity index (χ2n) is 4.77. The number of nitrogens with one attached hydrogen (secondary N) is 1. The Labute approximate surface area is 112 Å². The molecule has 1 aliphatic rings. The summed E-state index contributed by atoms with van der Waals surface area (Å²) in [6.45, 7) is 7.14. The minimum absolute atomic E-state index is 0.0161. The van der Waals surface area contributed by atoms with Gasteiger partial charge in [-0.1, -0.05) is 0 Å². The number of carboxylic acids is 1. The standard InChI is InChI=1S/C13H20N2O4/c1-10(9-15-4-6-18-7-5-15)14-8-11-2-3-12(19-11)13(16)17/h2-3,10,14H,4-9H2,1H3,(H,16,17). The minimum Gasteiger partial charge on any atom is -0.475 e. The molecule has 2 rings (SSSR count). The van der Waals surface area contributed by atoms with Crippen LogP contribution in [0.5, 0.6) is 0 Å². The summed E-state index contributed by atoms with van der Waals surface area (Å²) in [4.78, 5) is 13.0. The first kappa shape index (κ1) is 14.0.